The first kappa shape index (κ1) is 11.3. The van der Waals surface area contributed by atoms with Gasteiger partial charge in [0, 0.05) is 0 Å². The Labute approximate surface area is 87.0 Å². The topological polar surface area (TPSA) is 118 Å². The number of carboxylic acids is 1. The van der Waals surface area contributed by atoms with Crippen molar-refractivity contribution in [1.82, 2.24) is 0 Å². The minimum Gasteiger partial charge on any atom is -0.478 e. The molecule has 0 aliphatic carbocycles. The fourth-order valence-electron chi connectivity index (χ4n) is 1.00. The number of aromatic carboxylic acids is 1. The van der Waals surface area contributed by atoms with Crippen LogP contribution in [0.4, 0.5) is 0 Å². The van der Waals surface area contributed by atoms with Gasteiger partial charge in [-0.15, -0.1) is 0 Å². The minimum atomic E-state index is -2.45. The first-order valence-corrected chi connectivity index (χ1v) is 4.82. The van der Waals surface area contributed by atoms with Crippen LogP contribution in [0.15, 0.2) is 23.1 Å². The molecule has 0 radical (unpaired) electrons. The summed E-state index contributed by atoms with van der Waals surface area (Å²) in [5, 5.41) is 8.62. The Morgan fingerprint density at radius 1 is 1.33 bits per heavy atom. The summed E-state index contributed by atoms with van der Waals surface area (Å²) in [7, 11) is 0. The molecule has 0 aromatic heterocycles. The highest BCUT2D eigenvalue weighted by atomic mass is 32.2. The van der Waals surface area contributed by atoms with Gasteiger partial charge in [-0.3, -0.25) is 4.79 Å². The first-order chi connectivity index (χ1) is 6.93. The molecule has 1 unspecified atom stereocenters. The molecule has 0 saturated heterocycles. The van der Waals surface area contributed by atoms with Crippen molar-refractivity contribution in [2.45, 2.75) is 4.90 Å². The highest BCUT2D eigenvalue weighted by molar-refractivity contribution is 7.79. The molecule has 15 heavy (non-hydrogen) atoms. The monoisotopic (exact) mass is 229 g/mol. The van der Waals surface area contributed by atoms with Crippen LogP contribution in [-0.2, 0) is 11.1 Å². The van der Waals surface area contributed by atoms with Gasteiger partial charge < -0.3 is 15.4 Å². The molecule has 1 aromatic carbocycles. The molecule has 4 N–H and O–H groups in total. The van der Waals surface area contributed by atoms with Gasteiger partial charge in [0.15, 0.2) is 11.1 Å². The van der Waals surface area contributed by atoms with E-state index in [1.54, 1.807) is 0 Å². The number of primary amides is 1. The van der Waals surface area contributed by atoms with Crippen molar-refractivity contribution in [3.05, 3.63) is 29.3 Å². The normalized spacial score (nSPS) is 12.1. The molecule has 0 saturated carbocycles. The maximum Gasteiger partial charge on any atom is 0.335 e. The number of carbonyl (C=O) groups is 2. The van der Waals surface area contributed by atoms with E-state index in [4.69, 9.17) is 15.4 Å². The van der Waals surface area contributed by atoms with Crippen LogP contribution in [-0.4, -0.2) is 25.7 Å². The zero-order chi connectivity index (χ0) is 11.6. The van der Waals surface area contributed by atoms with Crippen molar-refractivity contribution >= 4 is 23.0 Å². The zero-order valence-corrected chi connectivity index (χ0v) is 8.15. The van der Waals surface area contributed by atoms with Gasteiger partial charge in [0.05, 0.1) is 16.0 Å². The summed E-state index contributed by atoms with van der Waals surface area (Å²) in [5.74, 6) is -2.14. The molecule has 0 aliphatic heterocycles. The number of amides is 1. The van der Waals surface area contributed by atoms with Crippen molar-refractivity contribution in [2.75, 3.05) is 0 Å². The molecular formula is C8H7NO5S. The largest absolute Gasteiger partial charge is 0.478 e. The van der Waals surface area contributed by atoms with E-state index in [2.05, 4.69) is 0 Å². The molecule has 7 heteroatoms. The maximum absolute atomic E-state index is 10.8. The lowest BCUT2D eigenvalue weighted by Gasteiger charge is -2.03. The summed E-state index contributed by atoms with van der Waals surface area (Å²) in [6.45, 7) is 0. The Morgan fingerprint density at radius 2 is 1.93 bits per heavy atom. The van der Waals surface area contributed by atoms with Gasteiger partial charge in [-0.05, 0) is 18.2 Å². The molecule has 6 nitrogen and oxygen atoms in total. The molecule has 0 bridgehead atoms. The standard InChI is InChI=1S/C8H7NO5S/c9-7(10)5-2-1-4(8(11)12)3-6(5)15(13)14/h1-3H,(H2,9,10)(H,11,12)(H,13,14). The number of rotatable bonds is 3. The van der Waals surface area contributed by atoms with Crippen LogP contribution in [0, 0.1) is 0 Å². The zero-order valence-electron chi connectivity index (χ0n) is 7.34. The second-order valence-corrected chi connectivity index (χ2v) is 3.57. The van der Waals surface area contributed by atoms with Crippen LogP contribution < -0.4 is 5.73 Å². The van der Waals surface area contributed by atoms with Crippen LogP contribution >= 0.6 is 0 Å². The number of hydrogen-bond donors (Lipinski definition) is 3. The number of carboxylic acid groups (broad SMARTS) is 1. The lowest BCUT2D eigenvalue weighted by molar-refractivity contribution is 0.0696. The predicted octanol–water partition coefficient (Wildman–Crippen LogP) is 0.0643. The highest BCUT2D eigenvalue weighted by Crippen LogP contribution is 2.15. The van der Waals surface area contributed by atoms with Crippen LogP contribution in [0.1, 0.15) is 20.7 Å². The second kappa shape index (κ2) is 4.20. The fraction of sp³-hybridized carbons (Fsp3) is 0. The Kier molecular flexibility index (Phi) is 3.17. The molecule has 1 aromatic rings. The van der Waals surface area contributed by atoms with E-state index in [1.807, 2.05) is 0 Å². The van der Waals surface area contributed by atoms with E-state index >= 15 is 0 Å². The summed E-state index contributed by atoms with van der Waals surface area (Å²) in [6, 6.07) is 3.19. The molecule has 0 spiro atoms. The Bertz CT molecular complexity index is 456. The van der Waals surface area contributed by atoms with Gasteiger partial charge in [-0.25, -0.2) is 9.00 Å². The van der Waals surface area contributed by atoms with Crippen molar-refractivity contribution in [1.29, 1.82) is 0 Å². The smallest absolute Gasteiger partial charge is 0.335 e. The molecule has 1 rings (SSSR count). The summed E-state index contributed by atoms with van der Waals surface area (Å²) in [5.41, 5.74) is 4.60. The van der Waals surface area contributed by atoms with Gasteiger partial charge in [-0.1, -0.05) is 0 Å². The molecule has 80 valence electrons. The van der Waals surface area contributed by atoms with Crippen LogP contribution in [0.25, 0.3) is 0 Å². The van der Waals surface area contributed by atoms with E-state index in [1.165, 1.54) is 0 Å². The predicted molar refractivity (Wildman–Crippen MR) is 51.0 cm³/mol. The first-order valence-electron chi connectivity index (χ1n) is 3.71. The minimum absolute atomic E-state index is 0.166. The van der Waals surface area contributed by atoms with Crippen molar-refractivity contribution in [2.24, 2.45) is 5.73 Å². The molecular weight excluding hydrogens is 222 g/mol. The van der Waals surface area contributed by atoms with E-state index in [-0.39, 0.29) is 16.0 Å². The summed E-state index contributed by atoms with van der Waals surface area (Å²) >= 11 is -2.45. The van der Waals surface area contributed by atoms with Crippen LogP contribution in [0.5, 0.6) is 0 Å². The summed E-state index contributed by atoms with van der Waals surface area (Å²) < 4.78 is 19.6. The average Bonchev–Trinajstić information content (AvgIpc) is 2.16. The van der Waals surface area contributed by atoms with Crippen LogP contribution in [0.3, 0.4) is 0 Å². The number of nitrogens with two attached hydrogens (primary N) is 1. The molecule has 1 amide bonds. The van der Waals surface area contributed by atoms with Crippen molar-refractivity contribution in [3.8, 4) is 0 Å². The number of carbonyl (C=O) groups excluding carboxylic acids is 1. The third-order valence-electron chi connectivity index (χ3n) is 1.68. The molecule has 0 fully saturated rings. The van der Waals surface area contributed by atoms with E-state index in [0.29, 0.717) is 0 Å². The van der Waals surface area contributed by atoms with Gasteiger partial charge in [0.1, 0.15) is 0 Å². The Balaban J connectivity index is 3.40. The lowest BCUT2D eigenvalue weighted by Crippen LogP contribution is -2.15. The number of hydrogen-bond acceptors (Lipinski definition) is 3. The van der Waals surface area contributed by atoms with Gasteiger partial charge in [0.2, 0.25) is 5.91 Å². The highest BCUT2D eigenvalue weighted by Gasteiger charge is 2.15. The van der Waals surface area contributed by atoms with Gasteiger partial charge in [-0.2, -0.15) is 0 Å². The molecule has 0 heterocycles. The Morgan fingerprint density at radius 3 is 2.33 bits per heavy atom. The van der Waals surface area contributed by atoms with Crippen LogP contribution in [0.2, 0.25) is 0 Å². The molecule has 0 aliphatic rings. The van der Waals surface area contributed by atoms with Crippen molar-refractivity contribution in [3.63, 3.8) is 0 Å². The number of benzene rings is 1. The fourth-order valence-corrected chi connectivity index (χ4v) is 1.59. The average molecular weight is 229 g/mol. The van der Waals surface area contributed by atoms with E-state index in [0.717, 1.165) is 18.2 Å². The summed E-state index contributed by atoms with van der Waals surface area (Å²) in [4.78, 5) is 21.1. The van der Waals surface area contributed by atoms with Gasteiger partial charge >= 0.3 is 5.97 Å². The van der Waals surface area contributed by atoms with Gasteiger partial charge in [0.25, 0.3) is 0 Å². The molecule has 1 atom stereocenters. The lowest BCUT2D eigenvalue weighted by atomic mass is 10.1. The SMILES string of the molecule is NC(=O)c1ccc(C(=O)O)cc1S(=O)O. The third kappa shape index (κ3) is 2.39. The van der Waals surface area contributed by atoms with E-state index in [9.17, 15) is 13.8 Å². The second-order valence-electron chi connectivity index (χ2n) is 2.63. The third-order valence-corrected chi connectivity index (χ3v) is 2.40. The summed E-state index contributed by atoms with van der Waals surface area (Å²) in [6.07, 6.45) is 0. The van der Waals surface area contributed by atoms with Crippen molar-refractivity contribution < 1.29 is 23.5 Å². The maximum atomic E-state index is 10.8. The quantitative estimate of drug-likeness (QED) is 0.633. The van der Waals surface area contributed by atoms with E-state index < -0.39 is 23.0 Å². The Hall–Kier alpha value is -1.73.